The van der Waals surface area contributed by atoms with Crippen molar-refractivity contribution in [3.8, 4) is 11.5 Å². The lowest BCUT2D eigenvalue weighted by atomic mass is 10.1. The fourth-order valence-corrected chi connectivity index (χ4v) is 3.68. The lowest BCUT2D eigenvalue weighted by molar-refractivity contribution is -0.146. The van der Waals surface area contributed by atoms with E-state index in [9.17, 15) is 14.4 Å². The minimum absolute atomic E-state index is 0.296. The van der Waals surface area contributed by atoms with Gasteiger partial charge in [0.15, 0.2) is 6.10 Å². The number of ether oxygens (including phenoxy) is 3. The van der Waals surface area contributed by atoms with Gasteiger partial charge in [0.05, 0.1) is 12.2 Å². The number of ketones is 1. The Labute approximate surface area is 215 Å². The van der Waals surface area contributed by atoms with Crippen molar-refractivity contribution in [2.75, 3.05) is 6.61 Å². The molecular formula is C30H40O6. The van der Waals surface area contributed by atoms with Crippen molar-refractivity contribution in [1.82, 2.24) is 0 Å². The number of hydrogen-bond donors (Lipinski definition) is 0. The van der Waals surface area contributed by atoms with Crippen molar-refractivity contribution in [1.29, 1.82) is 0 Å². The minimum Gasteiger partial charge on any atom is -0.494 e. The molecule has 6 nitrogen and oxygen atoms in total. The first kappa shape index (κ1) is 29.1. The highest BCUT2D eigenvalue weighted by Crippen LogP contribution is 2.18. The second-order valence-corrected chi connectivity index (χ2v) is 9.01. The van der Waals surface area contributed by atoms with Gasteiger partial charge in [0, 0.05) is 12.0 Å². The number of hydrogen-bond acceptors (Lipinski definition) is 6. The minimum atomic E-state index is -0.867. The standard InChI is InChI=1S/C30H40O6/c1-4-6-8-10-12-22-34-26-18-16-25(17-19-26)30(33)36-27-20-14-24(15-21-27)29(32)23(3)35-28(31)13-11-9-7-5-2/h14-21,23H,4-13,22H2,1-3H3. The first-order chi connectivity index (χ1) is 17.4. The molecule has 2 aromatic carbocycles. The summed E-state index contributed by atoms with van der Waals surface area (Å²) < 4.78 is 16.4. The highest BCUT2D eigenvalue weighted by atomic mass is 16.5. The molecule has 0 bridgehead atoms. The van der Waals surface area contributed by atoms with E-state index in [0.29, 0.717) is 29.9 Å². The average molecular weight is 497 g/mol. The highest BCUT2D eigenvalue weighted by Gasteiger charge is 2.19. The number of rotatable bonds is 17. The molecule has 0 heterocycles. The van der Waals surface area contributed by atoms with E-state index in [1.165, 1.54) is 19.3 Å². The van der Waals surface area contributed by atoms with Crippen LogP contribution in [0.4, 0.5) is 0 Å². The van der Waals surface area contributed by atoms with E-state index < -0.39 is 12.1 Å². The van der Waals surface area contributed by atoms with Crippen LogP contribution in [0.5, 0.6) is 11.5 Å². The number of carbonyl (C=O) groups excluding carboxylic acids is 3. The quantitative estimate of drug-likeness (QED) is 0.0986. The Morgan fingerprint density at radius 3 is 1.89 bits per heavy atom. The molecule has 0 spiro atoms. The maximum atomic E-state index is 12.6. The monoisotopic (exact) mass is 496 g/mol. The van der Waals surface area contributed by atoms with Gasteiger partial charge in [-0.05, 0) is 68.3 Å². The smallest absolute Gasteiger partial charge is 0.343 e. The third kappa shape index (κ3) is 10.6. The van der Waals surface area contributed by atoms with Crippen LogP contribution in [-0.2, 0) is 9.53 Å². The van der Waals surface area contributed by atoms with E-state index in [2.05, 4.69) is 13.8 Å². The summed E-state index contributed by atoms with van der Waals surface area (Å²) in [6.07, 6.45) is 9.24. The summed E-state index contributed by atoms with van der Waals surface area (Å²) in [6.45, 7) is 6.53. The first-order valence-corrected chi connectivity index (χ1v) is 13.2. The number of benzene rings is 2. The van der Waals surface area contributed by atoms with Crippen LogP contribution in [0.3, 0.4) is 0 Å². The summed E-state index contributed by atoms with van der Waals surface area (Å²) in [4.78, 5) is 37.0. The Balaban J connectivity index is 1.79. The predicted octanol–water partition coefficient (Wildman–Crippen LogP) is 7.34. The van der Waals surface area contributed by atoms with Gasteiger partial charge in [-0.2, -0.15) is 0 Å². The summed E-state index contributed by atoms with van der Waals surface area (Å²) in [7, 11) is 0. The van der Waals surface area contributed by atoms with Crippen molar-refractivity contribution in [3.05, 3.63) is 59.7 Å². The lowest BCUT2D eigenvalue weighted by Crippen LogP contribution is -2.24. The van der Waals surface area contributed by atoms with E-state index in [1.807, 2.05) is 0 Å². The summed E-state index contributed by atoms with van der Waals surface area (Å²) in [5, 5.41) is 0. The summed E-state index contributed by atoms with van der Waals surface area (Å²) >= 11 is 0. The Hall–Kier alpha value is -3.15. The van der Waals surface area contributed by atoms with Gasteiger partial charge in [0.25, 0.3) is 0 Å². The Morgan fingerprint density at radius 1 is 0.694 bits per heavy atom. The fourth-order valence-electron chi connectivity index (χ4n) is 3.68. The zero-order chi connectivity index (χ0) is 26.2. The Bertz CT molecular complexity index is 933. The summed E-state index contributed by atoms with van der Waals surface area (Å²) in [6, 6.07) is 13.1. The molecule has 0 aromatic heterocycles. The van der Waals surface area contributed by atoms with E-state index in [1.54, 1.807) is 55.5 Å². The van der Waals surface area contributed by atoms with Crippen molar-refractivity contribution < 1.29 is 28.6 Å². The second-order valence-electron chi connectivity index (χ2n) is 9.01. The van der Waals surface area contributed by atoms with Gasteiger partial charge in [-0.1, -0.05) is 58.8 Å². The summed E-state index contributed by atoms with van der Waals surface area (Å²) in [5.74, 6) is -0.104. The van der Waals surface area contributed by atoms with Crippen LogP contribution in [-0.4, -0.2) is 30.4 Å². The molecule has 1 unspecified atom stereocenters. The van der Waals surface area contributed by atoms with Crippen molar-refractivity contribution in [2.45, 2.75) is 91.1 Å². The number of carbonyl (C=O) groups is 3. The lowest BCUT2D eigenvalue weighted by Gasteiger charge is -2.13. The Morgan fingerprint density at radius 2 is 1.25 bits per heavy atom. The molecule has 0 aliphatic heterocycles. The van der Waals surface area contributed by atoms with Crippen LogP contribution in [0.2, 0.25) is 0 Å². The number of esters is 2. The molecule has 6 heteroatoms. The number of Topliss-reactive ketones (excluding diaryl/α,β-unsaturated/α-hetero) is 1. The van der Waals surface area contributed by atoms with E-state index in [0.717, 1.165) is 44.3 Å². The molecule has 0 saturated carbocycles. The molecule has 0 N–H and O–H groups in total. The van der Waals surface area contributed by atoms with Crippen molar-refractivity contribution in [2.24, 2.45) is 0 Å². The van der Waals surface area contributed by atoms with Gasteiger partial charge in [0.1, 0.15) is 11.5 Å². The molecule has 0 amide bonds. The predicted molar refractivity (Wildman–Crippen MR) is 141 cm³/mol. The molecule has 36 heavy (non-hydrogen) atoms. The van der Waals surface area contributed by atoms with Crippen LogP contribution in [0.25, 0.3) is 0 Å². The average Bonchev–Trinajstić information content (AvgIpc) is 2.89. The van der Waals surface area contributed by atoms with Crippen LogP contribution >= 0.6 is 0 Å². The van der Waals surface area contributed by atoms with Crippen LogP contribution < -0.4 is 9.47 Å². The molecule has 196 valence electrons. The van der Waals surface area contributed by atoms with Crippen LogP contribution in [0, 0.1) is 0 Å². The van der Waals surface area contributed by atoms with Crippen molar-refractivity contribution in [3.63, 3.8) is 0 Å². The zero-order valence-corrected chi connectivity index (χ0v) is 21.9. The van der Waals surface area contributed by atoms with Gasteiger partial charge in [-0.15, -0.1) is 0 Å². The number of unbranched alkanes of at least 4 members (excludes halogenated alkanes) is 7. The topological polar surface area (TPSA) is 78.9 Å². The van der Waals surface area contributed by atoms with E-state index in [4.69, 9.17) is 14.2 Å². The van der Waals surface area contributed by atoms with Gasteiger partial charge >= 0.3 is 11.9 Å². The highest BCUT2D eigenvalue weighted by molar-refractivity contribution is 6.00. The molecule has 0 aliphatic carbocycles. The molecule has 0 radical (unpaired) electrons. The van der Waals surface area contributed by atoms with Crippen molar-refractivity contribution >= 4 is 17.7 Å². The molecule has 0 aliphatic rings. The van der Waals surface area contributed by atoms with Crippen LogP contribution in [0.15, 0.2) is 48.5 Å². The van der Waals surface area contributed by atoms with Gasteiger partial charge in [0.2, 0.25) is 5.78 Å². The van der Waals surface area contributed by atoms with Gasteiger partial charge in [-0.25, -0.2) is 4.79 Å². The zero-order valence-electron chi connectivity index (χ0n) is 21.9. The van der Waals surface area contributed by atoms with Crippen LogP contribution in [0.1, 0.15) is 106 Å². The van der Waals surface area contributed by atoms with E-state index >= 15 is 0 Å². The normalized spacial score (nSPS) is 11.5. The molecule has 2 aromatic rings. The SMILES string of the molecule is CCCCCCCOc1ccc(C(=O)Oc2ccc(C(=O)C(C)OC(=O)CCCCCC)cc2)cc1. The summed E-state index contributed by atoms with van der Waals surface area (Å²) in [5.41, 5.74) is 0.794. The maximum absolute atomic E-state index is 12.6. The second kappa shape index (κ2) is 16.5. The fraction of sp³-hybridized carbons (Fsp3) is 0.500. The largest absolute Gasteiger partial charge is 0.494 e. The molecule has 2 rings (SSSR count). The van der Waals surface area contributed by atoms with Gasteiger partial charge in [-0.3, -0.25) is 9.59 Å². The van der Waals surface area contributed by atoms with E-state index in [-0.39, 0.29) is 11.8 Å². The maximum Gasteiger partial charge on any atom is 0.343 e. The molecule has 1 atom stereocenters. The third-order valence-corrected chi connectivity index (χ3v) is 5.87. The molecular weight excluding hydrogens is 456 g/mol. The van der Waals surface area contributed by atoms with Gasteiger partial charge < -0.3 is 14.2 Å². The molecule has 0 saturated heterocycles. The Kier molecular flexibility index (Phi) is 13.3. The third-order valence-electron chi connectivity index (χ3n) is 5.87. The first-order valence-electron chi connectivity index (χ1n) is 13.2. The molecule has 0 fully saturated rings.